The number of fused-ring (bicyclic) bond motifs is 1. The van der Waals surface area contributed by atoms with Gasteiger partial charge in [0.05, 0.1) is 11.2 Å². The van der Waals surface area contributed by atoms with Crippen LogP contribution in [0.4, 0.5) is 0 Å². The second-order valence-electron chi connectivity index (χ2n) is 5.89. The zero-order valence-corrected chi connectivity index (χ0v) is 11.5. The van der Waals surface area contributed by atoms with Crippen molar-refractivity contribution < 1.29 is 18.4 Å². The topological polar surface area (TPSA) is 12.5 Å². The van der Waals surface area contributed by atoms with E-state index in [0.29, 0.717) is 19.3 Å². The van der Waals surface area contributed by atoms with E-state index in [1.165, 1.54) is 25.2 Å². The van der Waals surface area contributed by atoms with Crippen molar-refractivity contribution in [3.63, 3.8) is 0 Å². The fraction of sp³-hybridized carbons (Fsp3) is 0.667. The molecule has 1 unspecified atom stereocenters. The highest BCUT2D eigenvalue weighted by molar-refractivity contribution is 5.45. The summed E-state index contributed by atoms with van der Waals surface area (Å²) in [6.45, 7) is -2.62. The van der Waals surface area contributed by atoms with Crippen LogP contribution in [0.1, 0.15) is 56.9 Å². The zero-order valence-electron chi connectivity index (χ0n) is 21.5. The summed E-state index contributed by atoms with van der Waals surface area (Å²) in [5.74, 6) is -0.857. The Hall–Kier alpha value is -1.02. The molecule has 3 aliphatic rings. The number of likely N-dealkylation sites (tertiary alicyclic amines) is 1. The molecule has 1 saturated heterocycles. The maximum Gasteiger partial charge on any atom is 0.119 e. The number of benzene rings is 1. The largest absolute Gasteiger partial charge is 0.497 e. The molecule has 0 aromatic heterocycles. The summed E-state index contributed by atoms with van der Waals surface area (Å²) in [5, 5.41) is 0. The molecule has 1 aromatic rings. The summed E-state index contributed by atoms with van der Waals surface area (Å²) >= 11 is 0. The minimum Gasteiger partial charge on any atom is -0.497 e. The summed E-state index contributed by atoms with van der Waals surface area (Å²) in [6, 6.07) is 2.03. The molecule has 2 aliphatic carbocycles. The minimum absolute atomic E-state index is 0.0454. The maximum absolute atomic E-state index is 9.26. The molecule has 0 amide bonds. The van der Waals surface area contributed by atoms with Gasteiger partial charge in [-0.2, -0.15) is 0 Å². The number of piperidine rings is 1. The van der Waals surface area contributed by atoms with E-state index >= 15 is 0 Å². The first-order valence-electron chi connectivity index (χ1n) is 12.1. The molecule has 3 atom stereocenters. The highest BCUT2D eigenvalue weighted by atomic mass is 16.5. The average molecular weight is 281 g/mol. The fourth-order valence-electron chi connectivity index (χ4n) is 3.93. The predicted octanol–water partition coefficient (Wildman–Crippen LogP) is 3.38. The van der Waals surface area contributed by atoms with Gasteiger partial charge in [-0.1, -0.05) is 18.9 Å². The van der Waals surface area contributed by atoms with Crippen molar-refractivity contribution in [1.29, 1.82) is 0 Å². The summed E-state index contributed by atoms with van der Waals surface area (Å²) < 4.78 is 89.3. The van der Waals surface area contributed by atoms with Crippen molar-refractivity contribution in [2.45, 2.75) is 49.9 Å². The lowest BCUT2D eigenvalue weighted by molar-refractivity contribution is 0.00274. The van der Waals surface area contributed by atoms with E-state index in [1.54, 1.807) is 0 Å². The van der Waals surface area contributed by atoms with Crippen LogP contribution in [0.2, 0.25) is 0 Å². The molecule has 4 rings (SSSR count). The number of hydrogen-bond donors (Lipinski definition) is 0. The summed E-state index contributed by atoms with van der Waals surface area (Å²) in [6.07, 6.45) is -2.83. The third-order valence-corrected chi connectivity index (χ3v) is 4.90. The van der Waals surface area contributed by atoms with Crippen molar-refractivity contribution in [2.24, 2.45) is 5.92 Å². The van der Waals surface area contributed by atoms with Crippen LogP contribution >= 0.6 is 0 Å². The van der Waals surface area contributed by atoms with Crippen molar-refractivity contribution in [3.8, 4) is 5.75 Å². The highest BCUT2D eigenvalue weighted by Gasteiger charge is 2.53. The lowest BCUT2D eigenvalue weighted by atomic mass is 9.52. The third-order valence-electron chi connectivity index (χ3n) is 4.90. The van der Waals surface area contributed by atoms with Crippen LogP contribution in [0.15, 0.2) is 18.2 Å². The van der Waals surface area contributed by atoms with E-state index in [9.17, 15) is 1.37 Å². The molecular weight excluding hydrogens is 246 g/mol. The Kier molecular flexibility index (Phi) is 1.35. The van der Waals surface area contributed by atoms with Crippen LogP contribution in [0.3, 0.4) is 0 Å². The number of methoxy groups -OCH3 is 1. The van der Waals surface area contributed by atoms with E-state index in [4.69, 9.17) is 17.1 Å². The normalized spacial score (nSPS) is 55.4. The van der Waals surface area contributed by atoms with Crippen LogP contribution in [-0.2, 0) is 11.8 Å². The second kappa shape index (κ2) is 4.49. The molecule has 0 spiro atoms. The molecule has 1 heterocycles. The molecule has 2 fully saturated rings. The Morgan fingerprint density at radius 1 is 1.50 bits per heavy atom. The monoisotopic (exact) mass is 281 g/mol. The van der Waals surface area contributed by atoms with Crippen LogP contribution in [0.5, 0.6) is 5.75 Å². The second-order valence-corrected chi connectivity index (χ2v) is 5.89. The summed E-state index contributed by atoms with van der Waals surface area (Å²) in [5.41, 5.74) is -1.15. The number of nitrogens with zero attached hydrogens (tertiary/aromatic N) is 1. The molecule has 1 saturated carbocycles. The van der Waals surface area contributed by atoms with Crippen molar-refractivity contribution in [2.75, 3.05) is 20.6 Å². The molecule has 0 radical (unpaired) electrons. The van der Waals surface area contributed by atoms with E-state index < -0.39 is 43.6 Å². The Labute approximate surface area is 136 Å². The van der Waals surface area contributed by atoms with Gasteiger partial charge >= 0.3 is 0 Å². The van der Waals surface area contributed by atoms with Gasteiger partial charge in [0.2, 0.25) is 0 Å². The first kappa shape index (κ1) is 6.00. The predicted molar refractivity (Wildman–Crippen MR) is 81.4 cm³/mol. The van der Waals surface area contributed by atoms with Gasteiger partial charge in [0.15, 0.2) is 0 Å². The van der Waals surface area contributed by atoms with Gasteiger partial charge in [-0.3, -0.25) is 0 Å². The van der Waals surface area contributed by atoms with Gasteiger partial charge in [-0.05, 0) is 68.3 Å². The van der Waals surface area contributed by atoms with Gasteiger partial charge in [0, 0.05) is 21.0 Å². The van der Waals surface area contributed by atoms with E-state index in [0.717, 1.165) is 4.90 Å². The number of hydrogen-bond acceptors (Lipinski definition) is 2. The van der Waals surface area contributed by atoms with Gasteiger partial charge in [0.1, 0.15) is 5.75 Å². The number of likely N-dealkylation sites (N-methyl/N-ethyl adjacent to an activating group) is 1. The van der Waals surface area contributed by atoms with Crippen LogP contribution in [-0.4, -0.2) is 31.5 Å². The lowest BCUT2D eigenvalue weighted by Crippen LogP contribution is -2.59. The number of ether oxygens (including phenoxy) is 1. The Bertz CT molecular complexity index is 884. The minimum atomic E-state index is -2.73. The molecule has 2 bridgehead atoms. The Balaban J connectivity index is 2.09. The smallest absolute Gasteiger partial charge is 0.119 e. The maximum atomic E-state index is 9.26. The van der Waals surface area contributed by atoms with Crippen LogP contribution in [0, 0.1) is 5.92 Å². The van der Waals surface area contributed by atoms with E-state index in [1.807, 2.05) is 0 Å². The van der Waals surface area contributed by atoms with Gasteiger partial charge in [-0.25, -0.2) is 0 Å². The molecule has 20 heavy (non-hydrogen) atoms. The van der Waals surface area contributed by atoms with Crippen molar-refractivity contribution in [3.05, 3.63) is 29.3 Å². The molecule has 1 aliphatic heterocycles. The first-order valence-corrected chi connectivity index (χ1v) is 7.13. The van der Waals surface area contributed by atoms with Crippen LogP contribution < -0.4 is 4.74 Å². The molecular formula is C18H25NO. The molecule has 1 aromatic carbocycles. The SMILES string of the molecule is [2H]C([2H])([2H])Oc1ccc2c(c1)[C@]13CCCCC1[C@@]([2H])(N(C)C([2H])([2H])C3([2H])[2H])C2([2H])[2H]. The van der Waals surface area contributed by atoms with Gasteiger partial charge in [-0.15, -0.1) is 0 Å². The van der Waals surface area contributed by atoms with E-state index in [-0.39, 0.29) is 23.3 Å². The lowest BCUT2D eigenvalue weighted by Gasteiger charge is -2.58. The first-order chi connectivity index (χ1) is 13.5. The van der Waals surface area contributed by atoms with Crippen molar-refractivity contribution in [1.82, 2.24) is 4.90 Å². The van der Waals surface area contributed by atoms with Crippen molar-refractivity contribution >= 4 is 0 Å². The molecule has 2 nitrogen and oxygen atoms in total. The average Bonchev–Trinajstić information content (AvgIpc) is 2.63. The van der Waals surface area contributed by atoms with Gasteiger partial charge in [0.25, 0.3) is 0 Å². The highest BCUT2D eigenvalue weighted by Crippen LogP contribution is 2.55. The van der Waals surface area contributed by atoms with E-state index in [2.05, 4.69) is 0 Å². The Morgan fingerprint density at radius 3 is 3.35 bits per heavy atom. The zero-order chi connectivity index (χ0) is 22.5. The number of rotatable bonds is 1. The fourth-order valence-corrected chi connectivity index (χ4v) is 3.93. The summed E-state index contributed by atoms with van der Waals surface area (Å²) in [4.78, 5) is 0.935. The standard InChI is InChI=1S/C18H25NO/c1-19-10-9-18-8-4-3-5-15(18)17(19)11-13-6-7-14(20-2)12-16(13)18/h6-7,12,15,17H,3-5,8-11H2,1-2H3/t15?,17-,18-/m0/s1/i2D3,9D2,10D2,11D2,17D. The Morgan fingerprint density at radius 2 is 2.45 bits per heavy atom. The quantitative estimate of drug-likeness (QED) is 0.782. The van der Waals surface area contributed by atoms with Crippen LogP contribution in [0.25, 0.3) is 0 Å². The van der Waals surface area contributed by atoms with Gasteiger partial charge < -0.3 is 9.64 Å². The summed E-state index contributed by atoms with van der Waals surface area (Å²) in [7, 11) is -1.44. The molecule has 2 heteroatoms. The molecule has 0 N–H and O–H groups in total. The molecule has 108 valence electrons. The third kappa shape index (κ3) is 1.60.